The van der Waals surface area contributed by atoms with Crippen LogP contribution < -0.4 is 5.32 Å². The fraction of sp³-hybridized carbons (Fsp3) is 0.747. The van der Waals surface area contributed by atoms with Gasteiger partial charge < -0.3 is 65.1 Å². The van der Waals surface area contributed by atoms with E-state index in [9.17, 15) is 45.6 Å². The predicted octanol–water partition coefficient (Wildman–Crippen LogP) is 14.7. The van der Waals surface area contributed by atoms with E-state index in [4.69, 9.17) is 18.9 Å². The van der Waals surface area contributed by atoms with Crippen molar-refractivity contribution in [1.82, 2.24) is 5.32 Å². The van der Waals surface area contributed by atoms with Crippen molar-refractivity contribution in [3.63, 3.8) is 0 Å². The maximum atomic E-state index is 13.3. The number of unbranched alkanes of at least 4 members (excludes halogenated alkanes) is 28. The van der Waals surface area contributed by atoms with E-state index < -0.39 is 86.8 Å². The number of carbonyl (C=O) groups is 1. The topological polar surface area (TPSA) is 228 Å². The van der Waals surface area contributed by atoms with Crippen LogP contribution in [0.25, 0.3) is 0 Å². The lowest BCUT2D eigenvalue weighted by atomic mass is 9.97. The molecule has 2 heterocycles. The number of allylic oxidation sites excluding steroid dienone is 17. The molecule has 1 amide bonds. The Morgan fingerprint density at radius 2 is 0.775 bits per heavy atom. The Hall–Kier alpha value is -3.35. The molecule has 0 aromatic heterocycles. The van der Waals surface area contributed by atoms with E-state index in [1.807, 2.05) is 6.08 Å². The highest BCUT2D eigenvalue weighted by Gasteiger charge is 2.51. The molecule has 12 unspecified atom stereocenters. The van der Waals surface area contributed by atoms with Crippen molar-refractivity contribution in [2.24, 2.45) is 0 Å². The van der Waals surface area contributed by atoms with E-state index in [2.05, 4.69) is 116 Å². The zero-order chi connectivity index (χ0) is 64.5. The summed E-state index contributed by atoms with van der Waals surface area (Å²) in [5, 5.41) is 87.3. The Morgan fingerprint density at radius 1 is 0.416 bits per heavy atom. The zero-order valence-electron chi connectivity index (χ0n) is 55.6. The van der Waals surface area contributed by atoms with Crippen molar-refractivity contribution in [2.45, 2.75) is 338 Å². The smallest absolute Gasteiger partial charge is 0.220 e. The first-order chi connectivity index (χ1) is 43.6. The van der Waals surface area contributed by atoms with Crippen LogP contribution in [0, 0.1) is 0 Å². The van der Waals surface area contributed by atoms with E-state index in [0.717, 1.165) is 89.9 Å². The molecule has 2 aliphatic rings. The van der Waals surface area contributed by atoms with Crippen molar-refractivity contribution in [3.8, 4) is 0 Å². The number of aliphatic hydroxyl groups is 8. The highest BCUT2D eigenvalue weighted by molar-refractivity contribution is 5.76. The fourth-order valence-corrected chi connectivity index (χ4v) is 11.1. The van der Waals surface area contributed by atoms with Gasteiger partial charge in [-0.15, -0.1) is 0 Å². The number of rotatable bonds is 57. The zero-order valence-corrected chi connectivity index (χ0v) is 55.6. The number of aliphatic hydroxyl groups excluding tert-OH is 8. The molecule has 0 aromatic rings. The third-order valence-corrected chi connectivity index (χ3v) is 16.7. The van der Waals surface area contributed by atoms with Gasteiger partial charge in [-0.05, 0) is 83.5 Å². The third kappa shape index (κ3) is 42.5. The number of ether oxygens (including phenoxy) is 4. The SMILES string of the molecule is CC/C=C\C/C=C\C/C=C\C/C=C\C/C=C\C/C=C\C/C=C\C/C=C\CCCCCCCCCCCCCCCCCCC(=O)NC(COC1OC(CO)C(OC2OC(CO)C(O)C(O)C2O)C(O)C1O)C(O)/C=C/CCCCCCCCCCCCCC. The fourth-order valence-electron chi connectivity index (χ4n) is 11.1. The van der Waals surface area contributed by atoms with Gasteiger partial charge in [-0.25, -0.2) is 0 Å². The van der Waals surface area contributed by atoms with Gasteiger partial charge in [0.1, 0.15) is 48.8 Å². The summed E-state index contributed by atoms with van der Waals surface area (Å²) in [6, 6.07) is -0.919. The van der Waals surface area contributed by atoms with Crippen molar-refractivity contribution >= 4 is 5.91 Å². The van der Waals surface area contributed by atoms with Gasteiger partial charge >= 0.3 is 0 Å². The van der Waals surface area contributed by atoms with Gasteiger partial charge in [-0.1, -0.05) is 284 Å². The minimum Gasteiger partial charge on any atom is -0.394 e. The molecule has 14 nitrogen and oxygen atoms in total. The maximum absolute atomic E-state index is 13.3. The van der Waals surface area contributed by atoms with Crippen LogP contribution in [0.5, 0.6) is 0 Å². The molecular formula is C75H129NO13. The quantitative estimate of drug-likeness (QED) is 0.0204. The van der Waals surface area contributed by atoms with Gasteiger partial charge in [0.05, 0.1) is 32.0 Å². The van der Waals surface area contributed by atoms with Crippen LogP contribution >= 0.6 is 0 Å². The van der Waals surface area contributed by atoms with Gasteiger partial charge in [0.25, 0.3) is 0 Å². The lowest BCUT2D eigenvalue weighted by Crippen LogP contribution is -2.65. The molecule has 0 aliphatic carbocycles. The van der Waals surface area contributed by atoms with E-state index in [1.165, 1.54) is 148 Å². The summed E-state index contributed by atoms with van der Waals surface area (Å²) in [5.41, 5.74) is 0. The van der Waals surface area contributed by atoms with Crippen LogP contribution in [0.2, 0.25) is 0 Å². The standard InChI is InChI=1S/C75H129NO13/c1-3-5-7-9-11-13-15-17-19-20-21-22-23-24-25-26-27-28-29-30-31-32-33-34-35-36-37-38-39-40-41-42-43-44-45-47-49-51-53-55-57-59-67(80)76-63(64(79)58-56-54-52-50-48-46-18-16-14-12-10-8-6-4-2)62-86-74-72(85)70(83)73(66(61-78)88-74)89-75-71(84)69(82)68(81)65(60-77)87-75/h5,7,11,13,17,19,21-22,24-25,27-28,30-31,33-34,56,58,63-66,68-75,77-79,81-85H,3-4,6,8-10,12,14-16,18,20,23,26,29,32,35-55,57,59-62H2,1-2H3,(H,76,80)/b7-5-,13-11-,19-17-,22-21-,25-24-,28-27-,31-30-,34-33-,58-56+. The lowest BCUT2D eigenvalue weighted by molar-refractivity contribution is -0.359. The van der Waals surface area contributed by atoms with Crippen molar-refractivity contribution < 1.29 is 64.6 Å². The number of nitrogens with one attached hydrogen (secondary N) is 1. The van der Waals surface area contributed by atoms with Gasteiger partial charge in [-0.2, -0.15) is 0 Å². The minimum absolute atomic E-state index is 0.241. The lowest BCUT2D eigenvalue weighted by Gasteiger charge is -2.46. The van der Waals surface area contributed by atoms with Crippen molar-refractivity contribution in [3.05, 3.63) is 109 Å². The van der Waals surface area contributed by atoms with Crippen LogP contribution in [0.3, 0.4) is 0 Å². The van der Waals surface area contributed by atoms with Gasteiger partial charge in [0.2, 0.25) is 5.91 Å². The summed E-state index contributed by atoms with van der Waals surface area (Å²) >= 11 is 0. The van der Waals surface area contributed by atoms with Crippen LogP contribution in [0.4, 0.5) is 0 Å². The van der Waals surface area contributed by atoms with Crippen LogP contribution in [-0.4, -0.2) is 140 Å². The first-order valence-corrected chi connectivity index (χ1v) is 35.6. The second kappa shape index (κ2) is 58.5. The Balaban J connectivity index is 1.58. The van der Waals surface area contributed by atoms with E-state index in [-0.39, 0.29) is 18.9 Å². The molecule has 0 spiro atoms. The molecule has 0 radical (unpaired) electrons. The average molecular weight is 1250 g/mol. The molecule has 0 saturated carbocycles. The van der Waals surface area contributed by atoms with Crippen molar-refractivity contribution in [2.75, 3.05) is 19.8 Å². The summed E-state index contributed by atoms with van der Waals surface area (Å²) < 4.78 is 22.8. The molecule has 0 aromatic carbocycles. The Labute approximate surface area is 540 Å². The summed E-state index contributed by atoms with van der Waals surface area (Å²) in [7, 11) is 0. The summed E-state index contributed by atoms with van der Waals surface area (Å²) in [6.07, 6.45) is 67.3. The monoisotopic (exact) mass is 1250 g/mol. The second-order valence-electron chi connectivity index (χ2n) is 24.6. The summed E-state index contributed by atoms with van der Waals surface area (Å²) in [6.45, 7) is 2.68. The molecule has 14 heteroatoms. The highest BCUT2D eigenvalue weighted by atomic mass is 16.7. The average Bonchev–Trinajstić information content (AvgIpc) is 2.74. The molecule has 9 N–H and O–H groups in total. The molecule has 2 fully saturated rings. The van der Waals surface area contributed by atoms with Crippen LogP contribution in [0.15, 0.2) is 109 Å². The van der Waals surface area contributed by atoms with Gasteiger partial charge in [0, 0.05) is 6.42 Å². The number of hydrogen-bond donors (Lipinski definition) is 9. The van der Waals surface area contributed by atoms with Crippen molar-refractivity contribution in [1.29, 1.82) is 0 Å². The molecule has 89 heavy (non-hydrogen) atoms. The van der Waals surface area contributed by atoms with E-state index >= 15 is 0 Å². The normalized spacial score (nSPS) is 23.7. The predicted molar refractivity (Wildman–Crippen MR) is 364 cm³/mol. The molecule has 0 bridgehead atoms. The Bertz CT molecular complexity index is 1910. The molecular weight excluding hydrogens is 1120 g/mol. The number of amides is 1. The summed E-state index contributed by atoms with van der Waals surface area (Å²) in [5.74, 6) is -0.241. The highest BCUT2D eigenvalue weighted by Crippen LogP contribution is 2.30. The second-order valence-corrected chi connectivity index (χ2v) is 24.6. The summed E-state index contributed by atoms with van der Waals surface area (Å²) in [4.78, 5) is 13.3. The molecule has 2 rings (SSSR count). The van der Waals surface area contributed by atoms with Gasteiger partial charge in [0.15, 0.2) is 12.6 Å². The van der Waals surface area contributed by atoms with Crippen LogP contribution in [-0.2, 0) is 23.7 Å². The third-order valence-electron chi connectivity index (χ3n) is 16.7. The molecule has 12 atom stereocenters. The maximum Gasteiger partial charge on any atom is 0.220 e. The molecule has 2 aliphatic heterocycles. The van der Waals surface area contributed by atoms with E-state index in [1.54, 1.807) is 6.08 Å². The Morgan fingerprint density at radius 3 is 1.19 bits per heavy atom. The molecule has 512 valence electrons. The Kier molecular flexibility index (Phi) is 53.7. The van der Waals surface area contributed by atoms with Crippen LogP contribution in [0.1, 0.15) is 264 Å². The first kappa shape index (κ1) is 81.7. The molecule has 2 saturated heterocycles. The first-order valence-electron chi connectivity index (χ1n) is 35.6. The van der Waals surface area contributed by atoms with Gasteiger partial charge in [-0.3, -0.25) is 4.79 Å². The number of carbonyl (C=O) groups excluding carboxylic acids is 1. The number of hydrogen-bond acceptors (Lipinski definition) is 13. The minimum atomic E-state index is -1.79. The van der Waals surface area contributed by atoms with E-state index in [0.29, 0.717) is 6.42 Å². The largest absolute Gasteiger partial charge is 0.394 e.